The Bertz CT molecular complexity index is 882. The van der Waals surface area contributed by atoms with Crippen LogP contribution >= 0.6 is 34.5 Å². The van der Waals surface area contributed by atoms with Gasteiger partial charge in [0.2, 0.25) is 0 Å². The van der Waals surface area contributed by atoms with Crippen LogP contribution < -0.4 is 0 Å². The first-order valence-electron chi connectivity index (χ1n) is 7.20. The predicted molar refractivity (Wildman–Crippen MR) is 96.1 cm³/mol. The second-order valence-corrected chi connectivity index (χ2v) is 7.29. The van der Waals surface area contributed by atoms with Gasteiger partial charge in [-0.1, -0.05) is 29.3 Å². The van der Waals surface area contributed by atoms with E-state index in [0.717, 1.165) is 15.8 Å². The minimum atomic E-state index is -0.311. The highest BCUT2D eigenvalue weighted by molar-refractivity contribution is 7.19. The summed E-state index contributed by atoms with van der Waals surface area (Å²) >= 11 is 13.7. The molecule has 6 heteroatoms. The third-order valence-corrected chi connectivity index (χ3v) is 5.25. The zero-order valence-corrected chi connectivity index (χ0v) is 15.1. The molecule has 2 aromatic heterocycles. The molecule has 0 saturated carbocycles. The van der Waals surface area contributed by atoms with E-state index in [-0.39, 0.29) is 5.97 Å². The Morgan fingerprint density at radius 2 is 2.00 bits per heavy atom. The summed E-state index contributed by atoms with van der Waals surface area (Å²) in [5.74, 6) is -0.311. The van der Waals surface area contributed by atoms with E-state index in [9.17, 15) is 4.79 Å². The minimum absolute atomic E-state index is 0.311. The van der Waals surface area contributed by atoms with Crippen LogP contribution in [0.3, 0.4) is 0 Å². The molecule has 1 aromatic carbocycles. The highest BCUT2D eigenvalue weighted by atomic mass is 35.5. The SMILES string of the molecule is CCOC(=O)c1cc2sc(C)cc2n1Cc1ccc(Cl)c(Cl)c1. The number of carbonyl (C=O) groups is 1. The Morgan fingerprint density at radius 3 is 2.70 bits per heavy atom. The summed E-state index contributed by atoms with van der Waals surface area (Å²) in [5.41, 5.74) is 2.56. The number of hydrogen-bond donors (Lipinski definition) is 0. The van der Waals surface area contributed by atoms with Crippen molar-refractivity contribution in [2.45, 2.75) is 20.4 Å². The molecule has 0 amide bonds. The Morgan fingerprint density at radius 1 is 1.22 bits per heavy atom. The minimum Gasteiger partial charge on any atom is -0.461 e. The van der Waals surface area contributed by atoms with Gasteiger partial charge in [0.05, 0.1) is 26.9 Å². The van der Waals surface area contributed by atoms with Gasteiger partial charge >= 0.3 is 5.97 Å². The van der Waals surface area contributed by atoms with E-state index in [2.05, 4.69) is 13.0 Å². The van der Waals surface area contributed by atoms with Crippen molar-refractivity contribution in [3.63, 3.8) is 0 Å². The van der Waals surface area contributed by atoms with E-state index >= 15 is 0 Å². The Balaban J connectivity index is 2.07. The Labute approximate surface area is 148 Å². The molecule has 0 saturated heterocycles. The molecule has 0 fully saturated rings. The molecular formula is C17H15Cl2NO2S. The van der Waals surface area contributed by atoms with Gasteiger partial charge in [0.25, 0.3) is 0 Å². The molecule has 0 bridgehead atoms. The summed E-state index contributed by atoms with van der Waals surface area (Å²) in [6.45, 7) is 4.74. The third kappa shape index (κ3) is 3.25. The second kappa shape index (κ2) is 6.56. The van der Waals surface area contributed by atoms with Crippen LogP contribution in [0.4, 0.5) is 0 Å². The van der Waals surface area contributed by atoms with Crippen molar-refractivity contribution in [1.29, 1.82) is 0 Å². The smallest absolute Gasteiger partial charge is 0.355 e. The van der Waals surface area contributed by atoms with Gasteiger partial charge < -0.3 is 9.30 Å². The molecule has 0 aliphatic rings. The quantitative estimate of drug-likeness (QED) is 0.566. The molecule has 3 aromatic rings. The van der Waals surface area contributed by atoms with E-state index in [4.69, 9.17) is 27.9 Å². The van der Waals surface area contributed by atoms with E-state index in [1.54, 1.807) is 24.3 Å². The lowest BCUT2D eigenvalue weighted by molar-refractivity contribution is 0.0515. The number of thiophene rings is 1. The highest BCUT2D eigenvalue weighted by Gasteiger charge is 2.18. The molecule has 23 heavy (non-hydrogen) atoms. The van der Waals surface area contributed by atoms with Crippen LogP contribution in [0.1, 0.15) is 27.9 Å². The van der Waals surface area contributed by atoms with Crippen molar-refractivity contribution in [2.24, 2.45) is 0 Å². The van der Waals surface area contributed by atoms with Gasteiger partial charge in [-0.3, -0.25) is 0 Å². The van der Waals surface area contributed by atoms with Gasteiger partial charge in [-0.25, -0.2) is 4.79 Å². The van der Waals surface area contributed by atoms with Crippen LogP contribution in [0.5, 0.6) is 0 Å². The maximum absolute atomic E-state index is 12.2. The number of nitrogens with zero attached hydrogens (tertiary/aromatic N) is 1. The van der Waals surface area contributed by atoms with E-state index in [1.807, 2.05) is 22.8 Å². The second-order valence-electron chi connectivity index (χ2n) is 5.19. The van der Waals surface area contributed by atoms with Crippen LogP contribution in [0.25, 0.3) is 10.2 Å². The van der Waals surface area contributed by atoms with Crippen LogP contribution in [0.15, 0.2) is 30.3 Å². The molecule has 0 radical (unpaired) electrons. The summed E-state index contributed by atoms with van der Waals surface area (Å²) in [7, 11) is 0. The molecule has 0 spiro atoms. The average molecular weight is 368 g/mol. The van der Waals surface area contributed by atoms with Gasteiger partial charge in [-0.05, 0) is 43.7 Å². The molecular weight excluding hydrogens is 353 g/mol. The molecule has 3 rings (SSSR count). The first-order chi connectivity index (χ1) is 11.0. The van der Waals surface area contributed by atoms with Crippen molar-refractivity contribution in [3.05, 3.63) is 56.5 Å². The van der Waals surface area contributed by atoms with Crippen molar-refractivity contribution in [3.8, 4) is 0 Å². The first-order valence-corrected chi connectivity index (χ1v) is 8.77. The number of benzene rings is 1. The predicted octanol–water partition coefficient (Wildman–Crippen LogP) is 5.54. The van der Waals surface area contributed by atoms with Gasteiger partial charge in [0, 0.05) is 11.4 Å². The zero-order chi connectivity index (χ0) is 16.6. The number of ether oxygens (including phenoxy) is 1. The number of hydrogen-bond acceptors (Lipinski definition) is 3. The highest BCUT2D eigenvalue weighted by Crippen LogP contribution is 2.30. The molecule has 120 valence electrons. The number of halogens is 2. The molecule has 0 atom stereocenters. The number of aromatic nitrogens is 1. The fourth-order valence-corrected chi connectivity index (χ4v) is 3.81. The standard InChI is InChI=1S/C17H15Cl2NO2S/c1-3-22-17(21)15-8-16-14(6-10(2)23-16)20(15)9-11-4-5-12(18)13(19)7-11/h4-8H,3,9H2,1-2H3. The van der Waals surface area contributed by atoms with E-state index in [1.165, 1.54) is 4.88 Å². The fraction of sp³-hybridized carbons (Fsp3) is 0.235. The average Bonchev–Trinajstić information content (AvgIpc) is 3.01. The lowest BCUT2D eigenvalue weighted by atomic mass is 10.2. The fourth-order valence-electron chi connectivity index (χ4n) is 2.53. The number of fused-ring (bicyclic) bond motifs is 1. The summed E-state index contributed by atoms with van der Waals surface area (Å²) in [6, 6.07) is 9.48. The summed E-state index contributed by atoms with van der Waals surface area (Å²) < 4.78 is 8.22. The molecule has 0 unspecified atom stereocenters. The lowest BCUT2D eigenvalue weighted by Gasteiger charge is -2.10. The number of rotatable bonds is 4. The van der Waals surface area contributed by atoms with Crippen molar-refractivity contribution >= 4 is 50.7 Å². The van der Waals surface area contributed by atoms with Crippen LogP contribution in [0.2, 0.25) is 10.0 Å². The topological polar surface area (TPSA) is 31.2 Å². The van der Waals surface area contributed by atoms with Gasteiger partial charge in [-0.2, -0.15) is 0 Å². The Kier molecular flexibility index (Phi) is 4.67. The van der Waals surface area contributed by atoms with Crippen LogP contribution in [0, 0.1) is 6.92 Å². The normalized spacial score (nSPS) is 11.1. The van der Waals surface area contributed by atoms with Crippen molar-refractivity contribution in [2.75, 3.05) is 6.61 Å². The Hall–Kier alpha value is -1.49. The maximum atomic E-state index is 12.2. The molecule has 0 N–H and O–H groups in total. The summed E-state index contributed by atoms with van der Waals surface area (Å²) in [6.07, 6.45) is 0. The monoisotopic (exact) mass is 367 g/mol. The molecule has 0 aliphatic carbocycles. The molecule has 0 aliphatic heterocycles. The van der Waals surface area contributed by atoms with E-state index in [0.29, 0.717) is 28.9 Å². The van der Waals surface area contributed by atoms with Crippen LogP contribution in [-0.2, 0) is 11.3 Å². The van der Waals surface area contributed by atoms with Gasteiger partial charge in [0.15, 0.2) is 0 Å². The number of esters is 1. The largest absolute Gasteiger partial charge is 0.461 e. The van der Waals surface area contributed by atoms with Gasteiger partial charge in [0.1, 0.15) is 5.69 Å². The van der Waals surface area contributed by atoms with E-state index < -0.39 is 0 Å². The van der Waals surface area contributed by atoms with Crippen molar-refractivity contribution in [1.82, 2.24) is 4.57 Å². The lowest BCUT2D eigenvalue weighted by Crippen LogP contribution is -2.12. The van der Waals surface area contributed by atoms with Crippen molar-refractivity contribution < 1.29 is 9.53 Å². The third-order valence-electron chi connectivity index (χ3n) is 3.52. The zero-order valence-electron chi connectivity index (χ0n) is 12.7. The number of carbonyl (C=O) groups excluding carboxylic acids is 1. The first kappa shape index (κ1) is 16.4. The number of aryl methyl sites for hydroxylation is 1. The molecule has 3 nitrogen and oxygen atoms in total. The van der Waals surface area contributed by atoms with Crippen LogP contribution in [-0.4, -0.2) is 17.1 Å². The maximum Gasteiger partial charge on any atom is 0.355 e. The summed E-state index contributed by atoms with van der Waals surface area (Å²) in [4.78, 5) is 13.4. The van der Waals surface area contributed by atoms with Gasteiger partial charge in [-0.15, -0.1) is 11.3 Å². The summed E-state index contributed by atoms with van der Waals surface area (Å²) in [5, 5.41) is 1.02. The molecule has 2 heterocycles.